The van der Waals surface area contributed by atoms with Crippen molar-refractivity contribution in [1.29, 1.82) is 0 Å². The van der Waals surface area contributed by atoms with Gasteiger partial charge in [-0.05, 0) is 49.8 Å². The quantitative estimate of drug-likeness (QED) is 0.611. The van der Waals surface area contributed by atoms with Crippen LogP contribution < -0.4 is 10.1 Å². The number of methoxy groups -OCH3 is 1. The van der Waals surface area contributed by atoms with E-state index < -0.39 is 24.5 Å². The van der Waals surface area contributed by atoms with E-state index in [2.05, 4.69) is 5.32 Å². The molecule has 1 amide bonds. The molecule has 0 spiro atoms. The SMILES string of the molecule is CCOC(=O)c1c(NC(=O)COC(=O)CCc2ccccc2OC)sc2c1CCC2. The molecule has 1 aromatic carbocycles. The third-order valence-electron chi connectivity index (χ3n) is 4.81. The maximum Gasteiger partial charge on any atom is 0.341 e. The first-order valence-corrected chi connectivity index (χ1v) is 10.7. The third kappa shape index (κ3) is 5.18. The summed E-state index contributed by atoms with van der Waals surface area (Å²) in [5, 5.41) is 3.17. The molecule has 1 N–H and O–H groups in total. The van der Waals surface area contributed by atoms with Gasteiger partial charge in [-0.3, -0.25) is 9.59 Å². The van der Waals surface area contributed by atoms with Crippen LogP contribution in [0.3, 0.4) is 0 Å². The second kappa shape index (κ2) is 10.2. The number of carbonyl (C=O) groups is 3. The molecule has 0 fully saturated rings. The van der Waals surface area contributed by atoms with Crippen molar-refractivity contribution in [2.75, 3.05) is 25.6 Å². The number of para-hydroxylation sites is 1. The van der Waals surface area contributed by atoms with Crippen LogP contribution in [-0.2, 0) is 38.3 Å². The van der Waals surface area contributed by atoms with Crippen molar-refractivity contribution in [3.8, 4) is 5.75 Å². The number of fused-ring (bicyclic) bond motifs is 1. The van der Waals surface area contributed by atoms with Crippen molar-refractivity contribution in [2.24, 2.45) is 0 Å². The Morgan fingerprint density at radius 1 is 1.13 bits per heavy atom. The Balaban J connectivity index is 1.53. The monoisotopic (exact) mass is 431 g/mol. The Bertz CT molecular complexity index is 936. The fraction of sp³-hybridized carbons (Fsp3) is 0.409. The lowest BCUT2D eigenvalue weighted by Crippen LogP contribution is -2.22. The molecule has 0 saturated carbocycles. The molecule has 7 nitrogen and oxygen atoms in total. The van der Waals surface area contributed by atoms with Crippen LogP contribution in [0.25, 0.3) is 0 Å². The minimum absolute atomic E-state index is 0.134. The minimum atomic E-state index is -0.480. The van der Waals surface area contributed by atoms with Crippen LogP contribution in [-0.4, -0.2) is 38.2 Å². The molecule has 1 aliphatic rings. The Hall–Kier alpha value is -2.87. The molecule has 30 heavy (non-hydrogen) atoms. The van der Waals surface area contributed by atoms with Gasteiger partial charge in [-0.25, -0.2) is 4.79 Å². The van der Waals surface area contributed by atoms with E-state index in [1.807, 2.05) is 24.3 Å². The lowest BCUT2D eigenvalue weighted by Gasteiger charge is -2.09. The van der Waals surface area contributed by atoms with Crippen molar-refractivity contribution in [2.45, 2.75) is 39.0 Å². The van der Waals surface area contributed by atoms with Crippen LogP contribution >= 0.6 is 11.3 Å². The van der Waals surface area contributed by atoms with E-state index in [-0.39, 0.29) is 13.0 Å². The number of hydrogen-bond donors (Lipinski definition) is 1. The summed E-state index contributed by atoms with van der Waals surface area (Å²) in [6, 6.07) is 7.44. The van der Waals surface area contributed by atoms with E-state index in [1.54, 1.807) is 14.0 Å². The van der Waals surface area contributed by atoms with E-state index in [4.69, 9.17) is 14.2 Å². The molecule has 1 aliphatic carbocycles. The third-order valence-corrected chi connectivity index (χ3v) is 6.02. The predicted octanol–water partition coefficient (Wildman–Crippen LogP) is 3.54. The minimum Gasteiger partial charge on any atom is -0.496 e. The predicted molar refractivity (Wildman–Crippen MR) is 113 cm³/mol. The highest BCUT2D eigenvalue weighted by Crippen LogP contribution is 2.39. The first-order chi connectivity index (χ1) is 14.5. The highest BCUT2D eigenvalue weighted by Gasteiger charge is 2.28. The molecule has 0 radical (unpaired) electrons. The van der Waals surface area contributed by atoms with Gasteiger partial charge in [0.1, 0.15) is 10.8 Å². The largest absolute Gasteiger partial charge is 0.496 e. The average molecular weight is 432 g/mol. The molecule has 0 saturated heterocycles. The van der Waals surface area contributed by atoms with Crippen LogP contribution in [0.2, 0.25) is 0 Å². The van der Waals surface area contributed by atoms with Crippen LogP contribution in [0, 0.1) is 0 Å². The molecule has 1 heterocycles. The van der Waals surface area contributed by atoms with E-state index in [0.29, 0.717) is 22.7 Å². The number of ether oxygens (including phenoxy) is 3. The van der Waals surface area contributed by atoms with E-state index in [1.165, 1.54) is 11.3 Å². The van der Waals surface area contributed by atoms with Crippen LogP contribution in [0.4, 0.5) is 5.00 Å². The Morgan fingerprint density at radius 2 is 1.93 bits per heavy atom. The van der Waals surface area contributed by atoms with Gasteiger partial charge < -0.3 is 19.5 Å². The fourth-order valence-electron chi connectivity index (χ4n) is 3.44. The number of rotatable bonds is 9. The molecular weight excluding hydrogens is 406 g/mol. The van der Waals surface area contributed by atoms with Crippen molar-refractivity contribution >= 4 is 34.2 Å². The van der Waals surface area contributed by atoms with Crippen molar-refractivity contribution in [1.82, 2.24) is 0 Å². The zero-order chi connectivity index (χ0) is 21.5. The standard InChI is InChI=1S/C22H25NO6S/c1-3-28-22(26)20-15-8-6-10-17(15)30-21(20)23-18(24)13-29-19(25)12-11-14-7-4-5-9-16(14)27-2/h4-5,7,9H,3,6,8,10-13H2,1-2H3,(H,23,24). The maximum absolute atomic E-state index is 12.3. The van der Waals surface area contributed by atoms with Gasteiger partial charge in [-0.2, -0.15) is 0 Å². The summed E-state index contributed by atoms with van der Waals surface area (Å²) in [6.45, 7) is 1.60. The molecule has 0 aliphatic heterocycles. The number of esters is 2. The molecule has 2 aromatic rings. The van der Waals surface area contributed by atoms with E-state index >= 15 is 0 Å². The zero-order valence-electron chi connectivity index (χ0n) is 17.1. The summed E-state index contributed by atoms with van der Waals surface area (Å²) in [5.74, 6) is -0.678. The number of anilines is 1. The topological polar surface area (TPSA) is 90.9 Å². The summed E-state index contributed by atoms with van der Waals surface area (Å²) in [4.78, 5) is 37.8. The summed E-state index contributed by atoms with van der Waals surface area (Å²) >= 11 is 1.39. The number of thiophene rings is 1. The molecule has 160 valence electrons. The van der Waals surface area contributed by atoms with Gasteiger partial charge in [0.25, 0.3) is 5.91 Å². The summed E-state index contributed by atoms with van der Waals surface area (Å²) in [5.41, 5.74) is 2.29. The fourth-order valence-corrected chi connectivity index (χ4v) is 4.73. The molecule has 1 aromatic heterocycles. The lowest BCUT2D eigenvalue weighted by molar-refractivity contribution is -0.147. The van der Waals surface area contributed by atoms with Gasteiger partial charge in [-0.15, -0.1) is 11.3 Å². The van der Waals surface area contributed by atoms with Gasteiger partial charge in [-0.1, -0.05) is 18.2 Å². The first kappa shape index (κ1) is 21.8. The molecule has 3 rings (SSSR count). The second-order valence-corrected chi connectivity index (χ2v) is 7.91. The number of hydrogen-bond acceptors (Lipinski definition) is 7. The molecule has 0 bridgehead atoms. The Labute approximate surface area is 179 Å². The highest BCUT2D eigenvalue weighted by atomic mass is 32.1. The van der Waals surface area contributed by atoms with Crippen LogP contribution in [0.5, 0.6) is 5.75 Å². The van der Waals surface area contributed by atoms with Gasteiger partial charge in [0.2, 0.25) is 0 Å². The van der Waals surface area contributed by atoms with Crippen LogP contribution in [0.1, 0.15) is 46.1 Å². The molecular formula is C22H25NO6S. The number of nitrogens with one attached hydrogen (secondary N) is 1. The highest BCUT2D eigenvalue weighted by molar-refractivity contribution is 7.17. The summed E-state index contributed by atoms with van der Waals surface area (Å²) in [6.07, 6.45) is 3.27. The molecule has 0 atom stereocenters. The molecule has 0 unspecified atom stereocenters. The Morgan fingerprint density at radius 3 is 2.70 bits per heavy atom. The molecule has 8 heteroatoms. The summed E-state index contributed by atoms with van der Waals surface area (Å²) in [7, 11) is 1.58. The number of aryl methyl sites for hydroxylation is 2. The van der Waals surface area contributed by atoms with Gasteiger partial charge in [0, 0.05) is 11.3 Å². The number of amides is 1. The van der Waals surface area contributed by atoms with E-state index in [9.17, 15) is 14.4 Å². The van der Waals surface area contributed by atoms with Gasteiger partial charge >= 0.3 is 11.9 Å². The number of benzene rings is 1. The normalized spacial score (nSPS) is 12.2. The first-order valence-electron chi connectivity index (χ1n) is 9.92. The zero-order valence-corrected chi connectivity index (χ0v) is 17.9. The van der Waals surface area contributed by atoms with Crippen LogP contribution in [0.15, 0.2) is 24.3 Å². The number of carbonyl (C=O) groups excluding carboxylic acids is 3. The van der Waals surface area contributed by atoms with Crippen molar-refractivity contribution < 1.29 is 28.6 Å². The maximum atomic E-state index is 12.3. The average Bonchev–Trinajstić information content (AvgIpc) is 3.31. The van der Waals surface area contributed by atoms with Crippen molar-refractivity contribution in [3.63, 3.8) is 0 Å². The lowest BCUT2D eigenvalue weighted by atomic mass is 10.1. The van der Waals surface area contributed by atoms with Gasteiger partial charge in [0.05, 0.1) is 19.3 Å². The Kier molecular flexibility index (Phi) is 7.46. The second-order valence-electron chi connectivity index (χ2n) is 6.80. The van der Waals surface area contributed by atoms with E-state index in [0.717, 1.165) is 35.3 Å². The summed E-state index contributed by atoms with van der Waals surface area (Å²) < 4.78 is 15.5. The van der Waals surface area contributed by atoms with Crippen molar-refractivity contribution in [3.05, 3.63) is 45.8 Å². The smallest absolute Gasteiger partial charge is 0.341 e. The van der Waals surface area contributed by atoms with Gasteiger partial charge in [0.15, 0.2) is 6.61 Å².